The standard InChI is InChI=1S/C16H25NS/c1-5-8-17-16-13(4)9-18-10-14-11(2)6-7-12(3)15(14)16/h6-7,13,16-17H,5,8-10H2,1-4H3. The van der Waals surface area contributed by atoms with Crippen LogP contribution in [0.3, 0.4) is 0 Å². The summed E-state index contributed by atoms with van der Waals surface area (Å²) in [6.45, 7) is 10.3. The second kappa shape index (κ2) is 6.12. The first-order valence-electron chi connectivity index (χ1n) is 7.05. The van der Waals surface area contributed by atoms with Crippen LogP contribution in [0.2, 0.25) is 0 Å². The maximum Gasteiger partial charge on any atom is 0.0359 e. The van der Waals surface area contributed by atoms with E-state index in [-0.39, 0.29) is 0 Å². The summed E-state index contributed by atoms with van der Waals surface area (Å²) in [4.78, 5) is 0. The Hall–Kier alpha value is -0.470. The maximum absolute atomic E-state index is 3.77. The lowest BCUT2D eigenvalue weighted by Crippen LogP contribution is -2.29. The van der Waals surface area contributed by atoms with E-state index in [2.05, 4.69) is 56.9 Å². The van der Waals surface area contributed by atoms with Gasteiger partial charge in [-0.15, -0.1) is 0 Å². The molecule has 2 atom stereocenters. The van der Waals surface area contributed by atoms with Crippen molar-refractivity contribution in [2.24, 2.45) is 5.92 Å². The zero-order valence-corrected chi connectivity index (χ0v) is 12.9. The summed E-state index contributed by atoms with van der Waals surface area (Å²) in [5, 5.41) is 3.77. The molecule has 100 valence electrons. The average Bonchev–Trinajstić information content (AvgIpc) is 2.52. The van der Waals surface area contributed by atoms with E-state index in [9.17, 15) is 0 Å². The van der Waals surface area contributed by atoms with Crippen LogP contribution in [0.5, 0.6) is 0 Å². The summed E-state index contributed by atoms with van der Waals surface area (Å²) in [5.74, 6) is 3.15. The molecular formula is C16H25NS. The van der Waals surface area contributed by atoms with Crippen molar-refractivity contribution in [2.45, 2.75) is 45.9 Å². The van der Waals surface area contributed by atoms with Crippen molar-refractivity contribution in [3.63, 3.8) is 0 Å². The minimum Gasteiger partial charge on any atom is -0.310 e. The number of hydrogen-bond acceptors (Lipinski definition) is 2. The van der Waals surface area contributed by atoms with Crippen molar-refractivity contribution in [1.29, 1.82) is 0 Å². The van der Waals surface area contributed by atoms with Gasteiger partial charge in [-0.3, -0.25) is 0 Å². The zero-order valence-electron chi connectivity index (χ0n) is 12.0. The first kappa shape index (κ1) is 14.0. The summed E-state index contributed by atoms with van der Waals surface area (Å²) in [6, 6.07) is 5.11. The molecule has 2 rings (SSSR count). The van der Waals surface area contributed by atoms with Crippen LogP contribution < -0.4 is 5.32 Å². The van der Waals surface area contributed by atoms with E-state index in [0.29, 0.717) is 12.0 Å². The van der Waals surface area contributed by atoms with Gasteiger partial charge in [0, 0.05) is 11.8 Å². The predicted octanol–water partition coefficient (Wildman–Crippen LogP) is 4.23. The topological polar surface area (TPSA) is 12.0 Å². The van der Waals surface area contributed by atoms with Crippen molar-refractivity contribution in [2.75, 3.05) is 12.3 Å². The van der Waals surface area contributed by atoms with Crippen LogP contribution in [0.15, 0.2) is 12.1 Å². The molecule has 0 amide bonds. The molecule has 2 unspecified atom stereocenters. The van der Waals surface area contributed by atoms with E-state index < -0.39 is 0 Å². The van der Waals surface area contributed by atoms with Crippen molar-refractivity contribution >= 4 is 11.8 Å². The molecule has 2 heteroatoms. The van der Waals surface area contributed by atoms with Crippen molar-refractivity contribution < 1.29 is 0 Å². The van der Waals surface area contributed by atoms with Gasteiger partial charge in [0.05, 0.1) is 0 Å². The Morgan fingerprint density at radius 1 is 1.28 bits per heavy atom. The van der Waals surface area contributed by atoms with Gasteiger partial charge < -0.3 is 5.32 Å². The molecule has 0 radical (unpaired) electrons. The SMILES string of the molecule is CCCNC1c2c(C)ccc(C)c2CSCC1C. The van der Waals surface area contributed by atoms with Gasteiger partial charge in [0.15, 0.2) is 0 Å². The lowest BCUT2D eigenvalue weighted by atomic mass is 9.87. The third-order valence-corrected chi connectivity index (χ3v) is 5.19. The van der Waals surface area contributed by atoms with Gasteiger partial charge >= 0.3 is 0 Å². The highest BCUT2D eigenvalue weighted by Crippen LogP contribution is 2.37. The average molecular weight is 263 g/mol. The smallest absolute Gasteiger partial charge is 0.0359 e. The Kier molecular flexibility index (Phi) is 4.74. The zero-order chi connectivity index (χ0) is 13.1. The Labute approximate surface area is 116 Å². The predicted molar refractivity (Wildman–Crippen MR) is 82.3 cm³/mol. The third kappa shape index (κ3) is 2.75. The molecule has 0 saturated carbocycles. The molecule has 0 aromatic heterocycles. The molecular weight excluding hydrogens is 238 g/mol. The maximum atomic E-state index is 3.77. The van der Waals surface area contributed by atoms with Crippen LogP contribution in [0.25, 0.3) is 0 Å². The number of aryl methyl sites for hydroxylation is 2. The molecule has 0 spiro atoms. The molecule has 0 fully saturated rings. The number of fused-ring (bicyclic) bond motifs is 1. The van der Waals surface area contributed by atoms with Gasteiger partial charge in [-0.2, -0.15) is 11.8 Å². The number of rotatable bonds is 3. The van der Waals surface area contributed by atoms with E-state index in [0.717, 1.165) is 6.54 Å². The van der Waals surface area contributed by atoms with Crippen LogP contribution >= 0.6 is 11.8 Å². The Morgan fingerprint density at radius 3 is 2.72 bits per heavy atom. The second-order valence-electron chi connectivity index (χ2n) is 5.52. The van der Waals surface area contributed by atoms with Gasteiger partial charge in [-0.1, -0.05) is 26.0 Å². The van der Waals surface area contributed by atoms with E-state index in [4.69, 9.17) is 0 Å². The van der Waals surface area contributed by atoms with Gasteiger partial charge in [0.25, 0.3) is 0 Å². The second-order valence-corrected chi connectivity index (χ2v) is 6.55. The molecule has 0 aliphatic carbocycles. The van der Waals surface area contributed by atoms with Gasteiger partial charge in [-0.05, 0) is 60.7 Å². The highest BCUT2D eigenvalue weighted by Gasteiger charge is 2.26. The Balaban J connectivity index is 2.43. The third-order valence-electron chi connectivity index (χ3n) is 3.93. The van der Waals surface area contributed by atoms with Crippen LogP contribution in [-0.2, 0) is 5.75 Å². The Morgan fingerprint density at radius 2 is 2.00 bits per heavy atom. The number of hydrogen-bond donors (Lipinski definition) is 1. The first-order chi connectivity index (χ1) is 8.65. The highest BCUT2D eigenvalue weighted by atomic mass is 32.2. The first-order valence-corrected chi connectivity index (χ1v) is 8.20. The molecule has 18 heavy (non-hydrogen) atoms. The summed E-state index contributed by atoms with van der Waals surface area (Å²) < 4.78 is 0. The summed E-state index contributed by atoms with van der Waals surface area (Å²) in [6.07, 6.45) is 1.20. The fourth-order valence-corrected chi connectivity index (χ4v) is 4.12. The summed E-state index contributed by atoms with van der Waals surface area (Å²) >= 11 is 2.09. The van der Waals surface area contributed by atoms with Crippen LogP contribution in [0.1, 0.15) is 48.6 Å². The molecule has 1 heterocycles. The van der Waals surface area contributed by atoms with E-state index >= 15 is 0 Å². The monoisotopic (exact) mass is 263 g/mol. The van der Waals surface area contributed by atoms with E-state index in [1.807, 2.05) is 0 Å². The molecule has 1 aliphatic heterocycles. The molecule has 0 bridgehead atoms. The summed E-state index contributed by atoms with van der Waals surface area (Å²) in [7, 11) is 0. The normalized spacial score (nSPS) is 23.6. The van der Waals surface area contributed by atoms with Gasteiger partial charge in [0.1, 0.15) is 0 Å². The van der Waals surface area contributed by atoms with Crippen molar-refractivity contribution in [3.8, 4) is 0 Å². The minimum absolute atomic E-state index is 0.537. The van der Waals surface area contributed by atoms with E-state index in [1.165, 1.54) is 29.1 Å². The molecule has 1 aromatic rings. The fourth-order valence-electron chi connectivity index (χ4n) is 2.85. The van der Waals surface area contributed by atoms with Gasteiger partial charge in [-0.25, -0.2) is 0 Å². The largest absolute Gasteiger partial charge is 0.310 e. The Bertz CT molecular complexity index is 414. The quantitative estimate of drug-likeness (QED) is 0.876. The molecule has 1 N–H and O–H groups in total. The lowest BCUT2D eigenvalue weighted by molar-refractivity contribution is 0.417. The lowest BCUT2D eigenvalue weighted by Gasteiger charge is -2.27. The number of thioether (sulfide) groups is 1. The summed E-state index contributed by atoms with van der Waals surface area (Å²) in [5.41, 5.74) is 6.08. The number of benzene rings is 1. The molecule has 1 nitrogen and oxygen atoms in total. The van der Waals surface area contributed by atoms with Crippen LogP contribution in [0, 0.1) is 19.8 Å². The van der Waals surface area contributed by atoms with Crippen molar-refractivity contribution in [1.82, 2.24) is 5.32 Å². The van der Waals surface area contributed by atoms with Crippen LogP contribution in [-0.4, -0.2) is 12.3 Å². The van der Waals surface area contributed by atoms with Gasteiger partial charge in [0.2, 0.25) is 0 Å². The molecule has 1 aromatic carbocycles. The fraction of sp³-hybridized carbons (Fsp3) is 0.625. The van der Waals surface area contributed by atoms with Crippen molar-refractivity contribution in [3.05, 3.63) is 34.4 Å². The molecule has 0 saturated heterocycles. The van der Waals surface area contributed by atoms with E-state index in [1.54, 1.807) is 11.1 Å². The molecule has 1 aliphatic rings. The highest BCUT2D eigenvalue weighted by molar-refractivity contribution is 7.98. The van der Waals surface area contributed by atoms with Crippen LogP contribution in [0.4, 0.5) is 0 Å². The minimum atomic E-state index is 0.537. The number of nitrogens with one attached hydrogen (secondary N) is 1.